The van der Waals surface area contributed by atoms with Crippen LogP contribution in [0.3, 0.4) is 0 Å². The van der Waals surface area contributed by atoms with E-state index in [1.54, 1.807) is 0 Å². The Balaban J connectivity index is 2.22. The van der Waals surface area contributed by atoms with Gasteiger partial charge in [-0.3, -0.25) is 0 Å². The summed E-state index contributed by atoms with van der Waals surface area (Å²) >= 11 is 9.79. The van der Waals surface area contributed by atoms with Gasteiger partial charge in [-0.1, -0.05) is 50.9 Å². The van der Waals surface area contributed by atoms with Crippen LogP contribution >= 0.6 is 27.5 Å². The Bertz CT molecular complexity index is 814. The number of nitrogens with two attached hydrogens (primary N) is 1. The van der Waals surface area contributed by atoms with Crippen molar-refractivity contribution in [3.05, 3.63) is 57.5 Å². The monoisotopic (exact) mass is 362 g/mol. The average molecular weight is 364 g/mol. The third-order valence-corrected chi connectivity index (χ3v) is 4.01. The molecule has 2 N–H and O–H groups in total. The van der Waals surface area contributed by atoms with Crippen LogP contribution in [-0.4, -0.2) is 5.16 Å². The third-order valence-electron chi connectivity index (χ3n) is 3.20. The minimum Gasteiger partial charge on any atom is -0.380 e. The first-order valence-electron chi connectivity index (χ1n) is 6.34. The van der Waals surface area contributed by atoms with Gasteiger partial charge < -0.3 is 10.3 Å². The highest BCUT2D eigenvalue weighted by atomic mass is 79.9. The summed E-state index contributed by atoms with van der Waals surface area (Å²) in [7, 11) is 0. The SMILES string of the molecule is Cc1ccc(-c2onc(N)c2-c2cccc(Br)c2)c(Cl)c1. The molecule has 0 saturated heterocycles. The predicted octanol–water partition coefficient (Wildman–Crippen LogP) is 5.32. The lowest BCUT2D eigenvalue weighted by Crippen LogP contribution is -1.89. The summed E-state index contributed by atoms with van der Waals surface area (Å²) in [6, 6.07) is 13.6. The van der Waals surface area contributed by atoms with Crippen LogP contribution in [0, 0.1) is 6.92 Å². The summed E-state index contributed by atoms with van der Waals surface area (Å²) in [5.41, 5.74) is 9.52. The van der Waals surface area contributed by atoms with E-state index in [2.05, 4.69) is 21.1 Å². The highest BCUT2D eigenvalue weighted by Crippen LogP contribution is 2.40. The summed E-state index contributed by atoms with van der Waals surface area (Å²) in [5, 5.41) is 4.50. The van der Waals surface area contributed by atoms with E-state index in [-0.39, 0.29) is 0 Å². The fourth-order valence-electron chi connectivity index (χ4n) is 2.21. The van der Waals surface area contributed by atoms with Gasteiger partial charge in [0.05, 0.1) is 10.6 Å². The molecule has 0 radical (unpaired) electrons. The maximum Gasteiger partial charge on any atom is 0.178 e. The fourth-order valence-corrected chi connectivity index (χ4v) is 2.93. The van der Waals surface area contributed by atoms with Crippen LogP contribution in [0.5, 0.6) is 0 Å². The second-order valence-corrected chi connectivity index (χ2v) is 6.09. The van der Waals surface area contributed by atoms with Crippen LogP contribution in [0.1, 0.15) is 5.56 Å². The number of benzene rings is 2. The molecule has 2 aromatic carbocycles. The summed E-state index contributed by atoms with van der Waals surface area (Å²) in [5.74, 6) is 0.926. The molecule has 106 valence electrons. The molecule has 0 amide bonds. The van der Waals surface area contributed by atoms with E-state index in [9.17, 15) is 0 Å². The smallest absolute Gasteiger partial charge is 0.178 e. The zero-order valence-electron chi connectivity index (χ0n) is 11.2. The molecule has 0 saturated carbocycles. The van der Waals surface area contributed by atoms with Crippen molar-refractivity contribution in [2.24, 2.45) is 0 Å². The zero-order valence-corrected chi connectivity index (χ0v) is 13.6. The summed E-state index contributed by atoms with van der Waals surface area (Å²) in [6.45, 7) is 1.99. The Labute approximate surface area is 135 Å². The van der Waals surface area contributed by atoms with Gasteiger partial charge in [-0.05, 0) is 42.3 Å². The predicted molar refractivity (Wildman–Crippen MR) is 89.2 cm³/mol. The van der Waals surface area contributed by atoms with Gasteiger partial charge in [0.1, 0.15) is 0 Å². The second kappa shape index (κ2) is 5.54. The van der Waals surface area contributed by atoms with Crippen molar-refractivity contribution in [1.82, 2.24) is 5.16 Å². The quantitative estimate of drug-likeness (QED) is 0.671. The maximum atomic E-state index is 6.33. The van der Waals surface area contributed by atoms with Crippen molar-refractivity contribution in [2.75, 3.05) is 5.73 Å². The van der Waals surface area contributed by atoms with Crippen molar-refractivity contribution in [3.8, 4) is 22.5 Å². The van der Waals surface area contributed by atoms with E-state index in [1.807, 2.05) is 49.4 Å². The summed E-state index contributed by atoms with van der Waals surface area (Å²) in [6.07, 6.45) is 0. The molecule has 0 spiro atoms. The van der Waals surface area contributed by atoms with Crippen LogP contribution in [0.4, 0.5) is 5.82 Å². The first kappa shape index (κ1) is 14.2. The van der Waals surface area contributed by atoms with E-state index < -0.39 is 0 Å². The molecule has 1 aromatic heterocycles. The number of nitrogens with zero attached hydrogens (tertiary/aromatic N) is 1. The van der Waals surface area contributed by atoms with Crippen molar-refractivity contribution < 1.29 is 4.52 Å². The normalized spacial score (nSPS) is 10.8. The molecule has 0 fully saturated rings. The van der Waals surface area contributed by atoms with Crippen LogP contribution < -0.4 is 5.73 Å². The van der Waals surface area contributed by atoms with Gasteiger partial charge in [-0.15, -0.1) is 0 Å². The minimum absolute atomic E-state index is 0.347. The van der Waals surface area contributed by atoms with Gasteiger partial charge in [-0.25, -0.2) is 0 Å². The van der Waals surface area contributed by atoms with E-state index in [4.69, 9.17) is 21.9 Å². The molecular weight excluding hydrogens is 352 g/mol. The molecular formula is C16H12BrClN2O. The van der Waals surface area contributed by atoms with E-state index in [1.165, 1.54) is 0 Å². The van der Waals surface area contributed by atoms with Crippen molar-refractivity contribution >= 4 is 33.3 Å². The number of anilines is 1. The van der Waals surface area contributed by atoms with Crippen molar-refractivity contribution in [1.29, 1.82) is 0 Å². The fraction of sp³-hybridized carbons (Fsp3) is 0.0625. The van der Waals surface area contributed by atoms with Gasteiger partial charge in [0.15, 0.2) is 11.6 Å². The van der Waals surface area contributed by atoms with Crippen LogP contribution in [0.15, 0.2) is 51.5 Å². The Hall–Kier alpha value is -1.78. The minimum atomic E-state index is 0.347. The molecule has 5 heteroatoms. The molecule has 21 heavy (non-hydrogen) atoms. The van der Waals surface area contributed by atoms with Gasteiger partial charge in [0.25, 0.3) is 0 Å². The second-order valence-electron chi connectivity index (χ2n) is 4.77. The van der Waals surface area contributed by atoms with Gasteiger partial charge in [-0.2, -0.15) is 0 Å². The molecule has 0 aliphatic rings. The molecule has 0 aliphatic carbocycles. The number of aromatic nitrogens is 1. The van der Waals surface area contributed by atoms with Crippen LogP contribution in [0.25, 0.3) is 22.5 Å². The topological polar surface area (TPSA) is 52.0 Å². The van der Waals surface area contributed by atoms with Crippen LogP contribution in [-0.2, 0) is 0 Å². The molecule has 0 bridgehead atoms. The number of rotatable bonds is 2. The molecule has 1 heterocycles. The van der Waals surface area contributed by atoms with Crippen molar-refractivity contribution in [2.45, 2.75) is 6.92 Å². The lowest BCUT2D eigenvalue weighted by Gasteiger charge is -2.06. The Morgan fingerprint density at radius 3 is 2.71 bits per heavy atom. The summed E-state index contributed by atoms with van der Waals surface area (Å²) in [4.78, 5) is 0. The Morgan fingerprint density at radius 2 is 2.00 bits per heavy atom. The third kappa shape index (κ3) is 2.69. The van der Waals surface area contributed by atoms with Gasteiger partial charge in [0.2, 0.25) is 0 Å². The van der Waals surface area contributed by atoms with E-state index >= 15 is 0 Å². The highest BCUT2D eigenvalue weighted by Gasteiger charge is 2.19. The number of hydrogen-bond donors (Lipinski definition) is 1. The molecule has 3 nitrogen and oxygen atoms in total. The number of halogens is 2. The average Bonchev–Trinajstić information content (AvgIpc) is 2.80. The molecule has 3 rings (SSSR count). The standard InChI is InChI=1S/C16H12BrClN2O/c1-9-5-6-12(13(18)7-9)15-14(16(19)20-21-15)10-3-2-4-11(17)8-10/h2-8H,1H3,(H2,19,20). The van der Waals surface area contributed by atoms with Crippen molar-refractivity contribution in [3.63, 3.8) is 0 Å². The zero-order chi connectivity index (χ0) is 15.0. The lowest BCUT2D eigenvalue weighted by molar-refractivity contribution is 0.436. The Morgan fingerprint density at radius 1 is 1.19 bits per heavy atom. The number of hydrogen-bond acceptors (Lipinski definition) is 3. The molecule has 3 aromatic rings. The largest absolute Gasteiger partial charge is 0.380 e. The molecule has 0 unspecified atom stereocenters. The first-order chi connectivity index (χ1) is 10.1. The number of aryl methyl sites for hydroxylation is 1. The summed E-state index contributed by atoms with van der Waals surface area (Å²) < 4.78 is 6.38. The van der Waals surface area contributed by atoms with E-state index in [0.29, 0.717) is 16.6 Å². The van der Waals surface area contributed by atoms with Crippen LogP contribution in [0.2, 0.25) is 5.02 Å². The number of nitrogen functional groups attached to an aromatic ring is 1. The molecule has 0 atom stereocenters. The van der Waals surface area contributed by atoms with Gasteiger partial charge in [0, 0.05) is 10.0 Å². The maximum absolute atomic E-state index is 6.33. The first-order valence-corrected chi connectivity index (χ1v) is 7.51. The highest BCUT2D eigenvalue weighted by molar-refractivity contribution is 9.10. The van der Waals surface area contributed by atoms with E-state index in [0.717, 1.165) is 26.7 Å². The van der Waals surface area contributed by atoms with Gasteiger partial charge >= 0.3 is 0 Å². The molecule has 0 aliphatic heterocycles. The lowest BCUT2D eigenvalue weighted by atomic mass is 10.0. The Kier molecular flexibility index (Phi) is 3.74.